The maximum atomic E-state index is 6.45. The van der Waals surface area contributed by atoms with Gasteiger partial charge in [-0.2, -0.15) is 0 Å². The van der Waals surface area contributed by atoms with Crippen molar-refractivity contribution in [2.45, 2.75) is 50.6 Å². The molecule has 0 aromatic heterocycles. The van der Waals surface area contributed by atoms with Crippen LogP contribution in [-0.4, -0.2) is 34.6 Å². The summed E-state index contributed by atoms with van der Waals surface area (Å²) in [4.78, 5) is 10.1. The normalized spacial score (nSPS) is 23.7. The fraction of sp³-hybridized carbons (Fsp3) is 0.333. The molecule has 0 saturated heterocycles. The Morgan fingerprint density at radius 3 is 2.09 bits per heavy atom. The van der Waals surface area contributed by atoms with Crippen LogP contribution in [-0.2, 0) is 28.7 Å². The molecule has 2 aromatic rings. The van der Waals surface area contributed by atoms with Gasteiger partial charge in [0.2, 0.25) is 0 Å². The van der Waals surface area contributed by atoms with E-state index < -0.39 is 0 Å². The molecule has 7 rings (SSSR count). The molecule has 0 atom stereocenters. The first-order chi connectivity index (χ1) is 16.0. The van der Waals surface area contributed by atoms with Crippen molar-refractivity contribution in [3.63, 3.8) is 0 Å². The van der Waals surface area contributed by atoms with Crippen LogP contribution in [0, 0.1) is 0 Å². The van der Waals surface area contributed by atoms with E-state index in [4.69, 9.17) is 4.74 Å². The van der Waals surface area contributed by atoms with E-state index in [1.807, 2.05) is 0 Å². The van der Waals surface area contributed by atoms with E-state index in [0.717, 1.165) is 18.2 Å². The molecule has 6 bridgehead atoms. The van der Waals surface area contributed by atoms with Crippen LogP contribution in [0.4, 0.5) is 0 Å². The van der Waals surface area contributed by atoms with Crippen LogP contribution < -0.4 is 4.74 Å². The third-order valence-electron chi connectivity index (χ3n) is 7.69. The van der Waals surface area contributed by atoms with Gasteiger partial charge in [0.1, 0.15) is 0 Å². The van der Waals surface area contributed by atoms with Crippen LogP contribution in [0.2, 0.25) is 0 Å². The quantitative estimate of drug-likeness (QED) is 0.418. The second-order valence-electron chi connectivity index (χ2n) is 9.93. The Bertz CT molecular complexity index is 1280. The first-order valence-corrected chi connectivity index (χ1v) is 14.0. The summed E-state index contributed by atoms with van der Waals surface area (Å²) in [6.07, 6.45) is 14.1. The van der Waals surface area contributed by atoms with Gasteiger partial charge in [-0.15, -0.1) is 0 Å². The van der Waals surface area contributed by atoms with Crippen LogP contribution in [0.5, 0.6) is 11.5 Å². The summed E-state index contributed by atoms with van der Waals surface area (Å²) in [5.74, 6) is 1.83. The number of ether oxygens (including phenoxy) is 1. The summed E-state index contributed by atoms with van der Waals surface area (Å²) in [7, 11) is 0. The average molecular weight is 620 g/mol. The van der Waals surface area contributed by atoms with Crippen molar-refractivity contribution in [1.82, 2.24) is 19.6 Å². The zero-order valence-corrected chi connectivity index (χ0v) is 21.2. The van der Waals surface area contributed by atoms with E-state index in [0.29, 0.717) is 0 Å². The van der Waals surface area contributed by atoms with Crippen LogP contribution in [0.3, 0.4) is 0 Å². The molecular formula is C27H28N4OPt. The van der Waals surface area contributed by atoms with Crippen LogP contribution in [0.25, 0.3) is 0 Å². The van der Waals surface area contributed by atoms with Crippen molar-refractivity contribution < 1.29 is 22.4 Å². The minimum absolute atomic E-state index is 0.0149. The second kappa shape index (κ2) is 6.93. The van der Waals surface area contributed by atoms with Crippen molar-refractivity contribution in [3.8, 4) is 11.5 Å². The summed E-state index contributed by atoms with van der Waals surface area (Å²) in [5, 5.41) is 0. The number of hydrogen-bond acceptors (Lipinski definition) is 5. The molecule has 172 valence electrons. The average Bonchev–Trinajstić information content (AvgIpc) is 3.56. The molecule has 0 amide bonds. The molecule has 0 N–H and O–H groups in total. The minimum atomic E-state index is -0.379. The van der Waals surface area contributed by atoms with Crippen molar-refractivity contribution in [1.29, 1.82) is 0 Å². The van der Waals surface area contributed by atoms with Gasteiger partial charge in [-0.1, -0.05) is 0 Å². The molecule has 1 fully saturated rings. The SMILES string of the molecule is CC1(C)c2cccc(c2)Oc2cccc(c2)C2(CCCC2)N2C=CN3CN4C=CN1[C]4=[Pt]=[C]32. The third-order valence-corrected chi connectivity index (χ3v) is 11.1. The first-order valence-electron chi connectivity index (χ1n) is 11.7. The maximum absolute atomic E-state index is 6.45. The molecule has 2 aromatic carbocycles. The molecule has 33 heavy (non-hydrogen) atoms. The summed E-state index contributed by atoms with van der Waals surface area (Å²) < 4.78 is 9.42. The zero-order chi connectivity index (χ0) is 22.2. The predicted octanol–water partition coefficient (Wildman–Crippen LogP) is 4.90. The van der Waals surface area contributed by atoms with Gasteiger partial charge in [0.25, 0.3) is 0 Å². The van der Waals surface area contributed by atoms with E-state index in [1.54, 1.807) is 0 Å². The van der Waals surface area contributed by atoms with Crippen molar-refractivity contribution in [2.75, 3.05) is 6.67 Å². The van der Waals surface area contributed by atoms with Crippen LogP contribution >= 0.6 is 0 Å². The topological polar surface area (TPSA) is 22.2 Å². The number of hydrogen-bond donors (Lipinski definition) is 0. The summed E-state index contributed by atoms with van der Waals surface area (Å²) in [6.45, 7) is 5.53. The fourth-order valence-corrected chi connectivity index (χ4v) is 9.57. The molecule has 5 aliphatic rings. The standard InChI is InChI=1S/C27H28N4O.Pt/c1-26(2)22-7-5-9-24(17-22)32-25-10-6-8-23(18-25)27(11-3-4-12-27)31-16-14-29(21-31)19-28-13-15-30(26)20-28;/h5-10,13-18H,3-4,11-12,19H2,1-2H3;. The number of rotatable bonds is 0. The molecule has 1 saturated carbocycles. The Hall–Kier alpha value is -2.65. The second-order valence-corrected chi connectivity index (χ2v) is 12.5. The van der Waals surface area contributed by atoms with Crippen molar-refractivity contribution in [2.24, 2.45) is 0 Å². The van der Waals surface area contributed by atoms with Crippen LogP contribution in [0.15, 0.2) is 73.3 Å². The van der Waals surface area contributed by atoms with E-state index in [9.17, 15) is 0 Å². The Kier molecular flexibility index (Phi) is 4.15. The van der Waals surface area contributed by atoms with E-state index >= 15 is 0 Å². The van der Waals surface area contributed by atoms with Crippen molar-refractivity contribution >= 4 is 8.29 Å². The molecule has 1 aliphatic carbocycles. The fourth-order valence-electron chi connectivity index (χ4n) is 5.79. The number of benzene rings is 2. The predicted molar refractivity (Wildman–Crippen MR) is 127 cm³/mol. The Morgan fingerprint density at radius 2 is 1.36 bits per heavy atom. The van der Waals surface area contributed by atoms with Crippen molar-refractivity contribution in [3.05, 3.63) is 84.5 Å². The molecule has 0 radical (unpaired) electrons. The molecule has 4 aliphatic heterocycles. The van der Waals surface area contributed by atoms with Gasteiger partial charge >= 0.3 is 204 Å². The molecule has 1 spiro atoms. The summed E-state index contributed by atoms with van der Waals surface area (Å²) in [5.41, 5.74) is 2.48. The number of fused-ring (bicyclic) bond motifs is 6. The summed E-state index contributed by atoms with van der Waals surface area (Å²) >= 11 is -0.379. The van der Waals surface area contributed by atoms with Gasteiger partial charge < -0.3 is 0 Å². The Morgan fingerprint density at radius 1 is 0.758 bits per heavy atom. The zero-order valence-electron chi connectivity index (χ0n) is 19.0. The third kappa shape index (κ3) is 2.81. The van der Waals surface area contributed by atoms with Gasteiger partial charge in [0, 0.05) is 0 Å². The molecule has 5 nitrogen and oxygen atoms in total. The van der Waals surface area contributed by atoms with Gasteiger partial charge in [-0.25, -0.2) is 0 Å². The van der Waals surface area contributed by atoms with E-state index in [2.05, 4.69) is 107 Å². The molecule has 0 unspecified atom stereocenters. The monoisotopic (exact) mass is 619 g/mol. The summed E-state index contributed by atoms with van der Waals surface area (Å²) in [6, 6.07) is 17.5. The Balaban J connectivity index is 1.51. The van der Waals surface area contributed by atoms with Gasteiger partial charge in [-0.05, 0) is 0 Å². The molecule has 6 heteroatoms. The van der Waals surface area contributed by atoms with E-state index in [1.165, 1.54) is 45.1 Å². The Labute approximate surface area is 203 Å². The van der Waals surface area contributed by atoms with Gasteiger partial charge in [0.05, 0.1) is 0 Å². The molecular weight excluding hydrogens is 591 g/mol. The van der Waals surface area contributed by atoms with Crippen LogP contribution in [0.1, 0.15) is 50.7 Å². The molecule has 4 heterocycles. The van der Waals surface area contributed by atoms with E-state index in [-0.39, 0.29) is 28.7 Å². The first kappa shape index (κ1) is 19.8. The van der Waals surface area contributed by atoms with Gasteiger partial charge in [-0.3, -0.25) is 0 Å². The van der Waals surface area contributed by atoms with Gasteiger partial charge in [0.15, 0.2) is 0 Å². The number of nitrogens with zero attached hydrogens (tertiary/aromatic N) is 4.